The van der Waals surface area contributed by atoms with Crippen LogP contribution in [0.25, 0.3) is 16.5 Å². The Labute approximate surface area is 89.4 Å². The van der Waals surface area contributed by atoms with E-state index in [1.54, 1.807) is 6.20 Å². The van der Waals surface area contributed by atoms with Crippen LogP contribution in [0.4, 0.5) is 0 Å². The van der Waals surface area contributed by atoms with Gasteiger partial charge in [0.05, 0.1) is 5.52 Å². The van der Waals surface area contributed by atoms with E-state index in [4.69, 9.17) is 5.73 Å². The molecule has 0 unspecified atom stereocenters. The van der Waals surface area contributed by atoms with Crippen molar-refractivity contribution in [2.45, 2.75) is 6.42 Å². The summed E-state index contributed by atoms with van der Waals surface area (Å²) < 4.78 is 0. The normalized spacial score (nSPS) is 10.5. The zero-order valence-electron chi connectivity index (χ0n) is 8.61. The summed E-state index contributed by atoms with van der Waals surface area (Å²) in [5, 5.41) is 1.15. The molecular weight excluding hydrogens is 184 g/mol. The van der Waals surface area contributed by atoms with E-state index in [-0.39, 0.29) is 0 Å². The van der Waals surface area contributed by atoms with Gasteiger partial charge in [0.25, 0.3) is 0 Å². The maximum Gasteiger partial charge on any atom is 0.0702 e. The van der Waals surface area contributed by atoms with Gasteiger partial charge in [-0.05, 0) is 42.3 Å². The number of fused-ring (bicyclic) bond motifs is 1. The zero-order valence-corrected chi connectivity index (χ0v) is 8.61. The minimum absolute atomic E-state index is 0.643. The van der Waals surface area contributed by atoms with Crippen molar-refractivity contribution in [2.24, 2.45) is 5.73 Å². The van der Waals surface area contributed by atoms with Crippen LogP contribution in [0, 0.1) is 0 Å². The smallest absolute Gasteiger partial charge is 0.0702 e. The zero-order chi connectivity index (χ0) is 10.7. The monoisotopic (exact) mass is 198 g/mol. The van der Waals surface area contributed by atoms with E-state index in [1.807, 2.05) is 18.2 Å². The van der Waals surface area contributed by atoms with Crippen molar-refractivity contribution in [3.63, 3.8) is 0 Å². The average Bonchev–Trinajstić information content (AvgIpc) is 2.29. The van der Waals surface area contributed by atoms with Crippen molar-refractivity contribution < 1.29 is 0 Å². The second-order valence-electron chi connectivity index (χ2n) is 3.55. The maximum atomic E-state index is 5.51. The van der Waals surface area contributed by atoms with Crippen LogP contribution in [0.3, 0.4) is 0 Å². The van der Waals surface area contributed by atoms with Crippen LogP contribution in [-0.4, -0.2) is 11.5 Å². The Morgan fingerprint density at radius 1 is 1.33 bits per heavy atom. The molecule has 0 aliphatic carbocycles. The number of hydrogen-bond donors (Lipinski definition) is 1. The van der Waals surface area contributed by atoms with E-state index in [1.165, 1.54) is 0 Å². The molecule has 15 heavy (non-hydrogen) atoms. The number of nitrogens with two attached hydrogens (primary N) is 1. The maximum absolute atomic E-state index is 5.51. The summed E-state index contributed by atoms with van der Waals surface area (Å²) in [5.74, 6) is 0. The first kappa shape index (κ1) is 9.87. The molecule has 0 atom stereocenters. The lowest BCUT2D eigenvalue weighted by molar-refractivity contribution is 1.02. The summed E-state index contributed by atoms with van der Waals surface area (Å²) in [5.41, 5.74) is 8.76. The van der Waals surface area contributed by atoms with E-state index < -0.39 is 0 Å². The van der Waals surface area contributed by atoms with Crippen molar-refractivity contribution in [1.29, 1.82) is 0 Å². The Balaban J connectivity index is 2.42. The van der Waals surface area contributed by atoms with Gasteiger partial charge >= 0.3 is 0 Å². The highest BCUT2D eigenvalue weighted by molar-refractivity contribution is 5.82. The minimum atomic E-state index is 0.643. The fraction of sp³-hybridized carbons (Fsp3) is 0.154. The molecule has 2 aromatic rings. The van der Waals surface area contributed by atoms with Gasteiger partial charge in [0, 0.05) is 11.6 Å². The first-order valence-electron chi connectivity index (χ1n) is 5.04. The first-order valence-corrected chi connectivity index (χ1v) is 5.04. The largest absolute Gasteiger partial charge is 0.330 e. The predicted octanol–water partition coefficient (Wildman–Crippen LogP) is 2.60. The van der Waals surface area contributed by atoms with Crippen LogP contribution in [0.2, 0.25) is 0 Å². The van der Waals surface area contributed by atoms with E-state index in [0.29, 0.717) is 6.54 Å². The predicted molar refractivity (Wildman–Crippen MR) is 64.4 cm³/mol. The van der Waals surface area contributed by atoms with Crippen molar-refractivity contribution in [3.8, 4) is 0 Å². The van der Waals surface area contributed by atoms with Crippen LogP contribution < -0.4 is 5.73 Å². The summed E-state index contributed by atoms with van der Waals surface area (Å²) >= 11 is 0. The molecule has 0 aliphatic heterocycles. The Bertz CT molecular complexity index is 489. The van der Waals surface area contributed by atoms with Crippen molar-refractivity contribution in [3.05, 3.63) is 48.7 Å². The molecule has 2 rings (SSSR count). The van der Waals surface area contributed by atoms with Gasteiger partial charge in [0.1, 0.15) is 0 Å². The molecule has 1 aromatic carbocycles. The molecule has 0 radical (unpaired) electrons. The summed E-state index contributed by atoms with van der Waals surface area (Å²) in [6, 6.07) is 10.2. The summed E-state index contributed by atoms with van der Waals surface area (Å²) in [4.78, 5) is 4.27. The van der Waals surface area contributed by atoms with E-state index in [2.05, 4.69) is 23.7 Å². The molecule has 0 amide bonds. The number of aromatic nitrogens is 1. The SMILES string of the molecule is C=C(CCN)c1ccc2ncccc2c1. The summed E-state index contributed by atoms with van der Waals surface area (Å²) in [7, 11) is 0. The van der Waals surface area contributed by atoms with Crippen molar-refractivity contribution in [2.75, 3.05) is 6.54 Å². The molecule has 0 bridgehead atoms. The van der Waals surface area contributed by atoms with Gasteiger partial charge in [-0.1, -0.05) is 18.7 Å². The van der Waals surface area contributed by atoms with Gasteiger partial charge in [0.15, 0.2) is 0 Å². The lowest BCUT2D eigenvalue weighted by Crippen LogP contribution is -1.99. The highest BCUT2D eigenvalue weighted by Gasteiger charge is 1.99. The third-order valence-corrected chi connectivity index (χ3v) is 2.46. The molecule has 0 aliphatic rings. The average molecular weight is 198 g/mol. The second-order valence-corrected chi connectivity index (χ2v) is 3.55. The second kappa shape index (κ2) is 4.24. The third-order valence-electron chi connectivity index (χ3n) is 2.46. The standard InChI is InChI=1S/C13H14N2/c1-10(6-7-14)11-4-5-13-12(9-11)3-2-8-15-13/h2-5,8-9H,1,6-7,14H2. The van der Waals surface area contributed by atoms with Crippen LogP contribution in [0.1, 0.15) is 12.0 Å². The highest BCUT2D eigenvalue weighted by Crippen LogP contribution is 2.20. The molecule has 1 aromatic heterocycles. The number of benzene rings is 1. The first-order chi connectivity index (χ1) is 7.31. The molecule has 1 heterocycles. The molecule has 76 valence electrons. The fourth-order valence-electron chi connectivity index (χ4n) is 1.61. The van der Waals surface area contributed by atoms with E-state index >= 15 is 0 Å². The van der Waals surface area contributed by atoms with Crippen LogP contribution in [-0.2, 0) is 0 Å². The van der Waals surface area contributed by atoms with E-state index in [0.717, 1.165) is 28.5 Å². The Hall–Kier alpha value is -1.67. The number of rotatable bonds is 3. The molecule has 0 saturated heterocycles. The van der Waals surface area contributed by atoms with Gasteiger partial charge in [-0.2, -0.15) is 0 Å². The van der Waals surface area contributed by atoms with Gasteiger partial charge in [0.2, 0.25) is 0 Å². The molecule has 0 saturated carbocycles. The molecule has 0 fully saturated rings. The quantitative estimate of drug-likeness (QED) is 0.823. The lowest BCUT2D eigenvalue weighted by Gasteiger charge is -2.05. The minimum Gasteiger partial charge on any atom is -0.330 e. The molecule has 0 spiro atoms. The number of nitrogens with zero attached hydrogens (tertiary/aromatic N) is 1. The molecule has 2 N–H and O–H groups in total. The van der Waals surface area contributed by atoms with Crippen molar-refractivity contribution >= 4 is 16.5 Å². The molecule has 2 nitrogen and oxygen atoms in total. The van der Waals surface area contributed by atoms with Gasteiger partial charge < -0.3 is 5.73 Å². The third kappa shape index (κ3) is 2.05. The van der Waals surface area contributed by atoms with Gasteiger partial charge in [-0.15, -0.1) is 0 Å². The Kier molecular flexibility index (Phi) is 2.79. The topological polar surface area (TPSA) is 38.9 Å². The number of pyridine rings is 1. The number of hydrogen-bond acceptors (Lipinski definition) is 2. The Morgan fingerprint density at radius 2 is 2.20 bits per heavy atom. The summed E-state index contributed by atoms with van der Waals surface area (Å²) in [6.07, 6.45) is 2.64. The lowest BCUT2D eigenvalue weighted by atomic mass is 10.0. The molecule has 2 heteroatoms. The highest BCUT2D eigenvalue weighted by atomic mass is 14.6. The molecular formula is C13H14N2. The summed E-state index contributed by atoms with van der Waals surface area (Å²) in [6.45, 7) is 4.66. The fourth-order valence-corrected chi connectivity index (χ4v) is 1.61. The Morgan fingerprint density at radius 3 is 3.00 bits per heavy atom. The van der Waals surface area contributed by atoms with Crippen LogP contribution >= 0.6 is 0 Å². The van der Waals surface area contributed by atoms with Gasteiger partial charge in [-0.25, -0.2) is 0 Å². The van der Waals surface area contributed by atoms with Crippen LogP contribution in [0.15, 0.2) is 43.1 Å². The van der Waals surface area contributed by atoms with Crippen LogP contribution in [0.5, 0.6) is 0 Å². The van der Waals surface area contributed by atoms with Crippen molar-refractivity contribution in [1.82, 2.24) is 4.98 Å². The van der Waals surface area contributed by atoms with Gasteiger partial charge in [-0.3, -0.25) is 4.98 Å². The van der Waals surface area contributed by atoms with E-state index in [9.17, 15) is 0 Å².